The van der Waals surface area contributed by atoms with Crippen molar-refractivity contribution in [2.45, 2.75) is 11.3 Å². The van der Waals surface area contributed by atoms with E-state index in [0.717, 1.165) is 15.4 Å². The van der Waals surface area contributed by atoms with Gasteiger partial charge in [0, 0.05) is 19.7 Å². The second kappa shape index (κ2) is 9.11. The molecular weight excluding hydrogens is 400 g/mol. The molecular formula is C23H24N2O4S. The quantitative estimate of drug-likeness (QED) is 0.626. The third-order valence-corrected chi connectivity index (χ3v) is 6.51. The molecule has 0 unspecified atom stereocenters. The lowest BCUT2D eigenvalue weighted by molar-refractivity contribution is 0.102. The summed E-state index contributed by atoms with van der Waals surface area (Å²) in [4.78, 5) is 13.1. The highest BCUT2D eigenvalue weighted by atomic mass is 32.2. The summed E-state index contributed by atoms with van der Waals surface area (Å²) in [5, 5.41) is 2.81. The molecule has 7 heteroatoms. The zero-order valence-corrected chi connectivity index (χ0v) is 17.9. The molecule has 0 saturated carbocycles. The summed E-state index contributed by atoms with van der Waals surface area (Å²) >= 11 is 0. The van der Waals surface area contributed by atoms with E-state index in [1.807, 2.05) is 42.5 Å². The minimum atomic E-state index is -3.65. The van der Waals surface area contributed by atoms with Crippen LogP contribution in [-0.4, -0.2) is 39.8 Å². The van der Waals surface area contributed by atoms with Gasteiger partial charge >= 0.3 is 0 Å². The fourth-order valence-electron chi connectivity index (χ4n) is 3.06. The normalized spacial score (nSPS) is 11.3. The molecule has 0 aromatic heterocycles. The van der Waals surface area contributed by atoms with Crippen molar-refractivity contribution in [3.8, 4) is 5.75 Å². The van der Waals surface area contributed by atoms with Crippen LogP contribution < -0.4 is 10.1 Å². The molecule has 0 aliphatic rings. The molecule has 0 heterocycles. The van der Waals surface area contributed by atoms with E-state index in [0.29, 0.717) is 23.4 Å². The Bertz CT molecular complexity index is 1140. The number of methoxy groups -OCH3 is 1. The monoisotopic (exact) mass is 424 g/mol. The summed E-state index contributed by atoms with van der Waals surface area (Å²) in [5.74, 6) is 0.0424. The Balaban J connectivity index is 1.93. The Hall–Kier alpha value is -3.16. The molecule has 0 atom stereocenters. The van der Waals surface area contributed by atoms with Gasteiger partial charge in [-0.3, -0.25) is 4.79 Å². The lowest BCUT2D eigenvalue weighted by Crippen LogP contribution is -2.22. The summed E-state index contributed by atoms with van der Waals surface area (Å²) in [6.45, 7) is 0. The molecule has 156 valence electrons. The van der Waals surface area contributed by atoms with Crippen molar-refractivity contribution in [1.29, 1.82) is 0 Å². The van der Waals surface area contributed by atoms with Crippen molar-refractivity contribution >= 4 is 21.6 Å². The SMILES string of the molecule is COc1ccc(S(=O)(=O)N(C)C)cc1NC(=O)c1ccccc1Cc1ccccc1. The Morgan fingerprint density at radius 1 is 0.967 bits per heavy atom. The lowest BCUT2D eigenvalue weighted by atomic mass is 9.99. The van der Waals surface area contributed by atoms with Crippen molar-refractivity contribution in [2.24, 2.45) is 0 Å². The van der Waals surface area contributed by atoms with Crippen LogP contribution in [0, 0.1) is 0 Å². The molecule has 0 radical (unpaired) electrons. The lowest BCUT2D eigenvalue weighted by Gasteiger charge is -2.16. The number of nitrogens with zero attached hydrogens (tertiary/aromatic N) is 1. The van der Waals surface area contributed by atoms with Gasteiger partial charge in [0.2, 0.25) is 10.0 Å². The van der Waals surface area contributed by atoms with Gasteiger partial charge in [0.25, 0.3) is 5.91 Å². The van der Waals surface area contributed by atoms with Crippen LogP contribution in [0.3, 0.4) is 0 Å². The zero-order chi connectivity index (χ0) is 21.7. The van der Waals surface area contributed by atoms with Crippen LogP contribution in [0.1, 0.15) is 21.5 Å². The Labute approximate surface area is 177 Å². The second-order valence-electron chi connectivity index (χ2n) is 6.92. The summed E-state index contributed by atoms with van der Waals surface area (Å²) in [6, 6.07) is 21.6. The van der Waals surface area contributed by atoms with Crippen LogP contribution in [-0.2, 0) is 16.4 Å². The molecule has 3 aromatic carbocycles. The van der Waals surface area contributed by atoms with Gasteiger partial charge in [0.05, 0.1) is 17.7 Å². The number of anilines is 1. The molecule has 6 nitrogen and oxygen atoms in total. The number of benzene rings is 3. The summed E-state index contributed by atoms with van der Waals surface area (Å²) in [6.07, 6.45) is 0.608. The highest BCUT2D eigenvalue weighted by molar-refractivity contribution is 7.89. The number of carbonyl (C=O) groups excluding carboxylic acids is 1. The van der Waals surface area contributed by atoms with E-state index in [2.05, 4.69) is 5.32 Å². The van der Waals surface area contributed by atoms with E-state index < -0.39 is 10.0 Å². The first-order valence-corrected chi connectivity index (χ1v) is 10.8. The Kier molecular flexibility index (Phi) is 6.54. The topological polar surface area (TPSA) is 75.7 Å². The van der Waals surface area contributed by atoms with Gasteiger partial charge in [-0.05, 0) is 41.8 Å². The van der Waals surface area contributed by atoms with E-state index in [1.165, 1.54) is 39.4 Å². The largest absolute Gasteiger partial charge is 0.495 e. The number of nitrogens with one attached hydrogen (secondary N) is 1. The minimum Gasteiger partial charge on any atom is -0.495 e. The fourth-order valence-corrected chi connectivity index (χ4v) is 3.99. The highest BCUT2D eigenvalue weighted by Crippen LogP contribution is 2.29. The molecule has 0 spiro atoms. The maximum Gasteiger partial charge on any atom is 0.256 e. The van der Waals surface area contributed by atoms with Crippen molar-refractivity contribution in [3.05, 3.63) is 89.5 Å². The van der Waals surface area contributed by atoms with Crippen LogP contribution in [0.15, 0.2) is 77.7 Å². The van der Waals surface area contributed by atoms with E-state index in [-0.39, 0.29) is 10.8 Å². The molecule has 0 fully saturated rings. The van der Waals surface area contributed by atoms with Gasteiger partial charge in [0.15, 0.2) is 0 Å². The summed E-state index contributed by atoms with van der Waals surface area (Å²) < 4.78 is 31.4. The molecule has 0 saturated heterocycles. The summed E-state index contributed by atoms with van der Waals surface area (Å²) in [5.41, 5.74) is 2.77. The smallest absolute Gasteiger partial charge is 0.256 e. The molecule has 3 rings (SSSR count). The second-order valence-corrected chi connectivity index (χ2v) is 9.07. The van der Waals surface area contributed by atoms with Crippen LogP contribution in [0.25, 0.3) is 0 Å². The number of ether oxygens (including phenoxy) is 1. The Morgan fingerprint density at radius 3 is 2.30 bits per heavy atom. The molecule has 0 aliphatic heterocycles. The molecule has 1 N–H and O–H groups in total. The third kappa shape index (κ3) is 4.69. The summed E-state index contributed by atoms with van der Waals surface area (Å²) in [7, 11) is 0.732. The predicted octanol–water partition coefficient (Wildman–Crippen LogP) is 3.79. The maximum atomic E-state index is 13.1. The van der Waals surface area contributed by atoms with Crippen molar-refractivity contribution in [1.82, 2.24) is 4.31 Å². The van der Waals surface area contributed by atoms with E-state index in [4.69, 9.17) is 4.74 Å². The molecule has 0 bridgehead atoms. The van der Waals surface area contributed by atoms with Crippen LogP contribution in [0.5, 0.6) is 5.75 Å². The van der Waals surface area contributed by atoms with Crippen LogP contribution >= 0.6 is 0 Å². The van der Waals surface area contributed by atoms with Gasteiger partial charge in [-0.25, -0.2) is 12.7 Å². The Morgan fingerprint density at radius 2 is 1.63 bits per heavy atom. The zero-order valence-electron chi connectivity index (χ0n) is 17.1. The van der Waals surface area contributed by atoms with Crippen molar-refractivity contribution in [2.75, 3.05) is 26.5 Å². The van der Waals surface area contributed by atoms with E-state index in [1.54, 1.807) is 12.1 Å². The first kappa shape index (κ1) is 21.5. The van der Waals surface area contributed by atoms with Crippen LogP contribution in [0.4, 0.5) is 5.69 Å². The van der Waals surface area contributed by atoms with Gasteiger partial charge < -0.3 is 10.1 Å². The average molecular weight is 425 g/mol. The van der Waals surface area contributed by atoms with Crippen LogP contribution in [0.2, 0.25) is 0 Å². The van der Waals surface area contributed by atoms with Gasteiger partial charge in [-0.15, -0.1) is 0 Å². The highest BCUT2D eigenvalue weighted by Gasteiger charge is 2.20. The average Bonchev–Trinajstić information content (AvgIpc) is 2.74. The molecule has 1 amide bonds. The number of hydrogen-bond acceptors (Lipinski definition) is 4. The number of carbonyl (C=O) groups is 1. The van der Waals surface area contributed by atoms with Crippen molar-refractivity contribution < 1.29 is 17.9 Å². The fraction of sp³-hybridized carbons (Fsp3) is 0.174. The molecule has 30 heavy (non-hydrogen) atoms. The standard InChI is InChI=1S/C23H24N2O4S/c1-25(2)30(27,28)19-13-14-22(29-3)21(16-19)24-23(26)20-12-8-7-11-18(20)15-17-9-5-4-6-10-17/h4-14,16H,15H2,1-3H3,(H,24,26). The van der Waals surface area contributed by atoms with Gasteiger partial charge in [0.1, 0.15) is 5.75 Å². The predicted molar refractivity (Wildman–Crippen MR) is 118 cm³/mol. The number of rotatable bonds is 7. The van der Waals surface area contributed by atoms with Gasteiger partial charge in [-0.1, -0.05) is 48.5 Å². The molecule has 0 aliphatic carbocycles. The molecule has 3 aromatic rings. The minimum absolute atomic E-state index is 0.0705. The number of amides is 1. The first-order chi connectivity index (χ1) is 14.3. The van der Waals surface area contributed by atoms with Crippen molar-refractivity contribution in [3.63, 3.8) is 0 Å². The van der Waals surface area contributed by atoms with E-state index in [9.17, 15) is 13.2 Å². The third-order valence-electron chi connectivity index (χ3n) is 4.70. The number of hydrogen-bond donors (Lipinski definition) is 1. The van der Waals surface area contributed by atoms with Gasteiger partial charge in [-0.2, -0.15) is 0 Å². The first-order valence-electron chi connectivity index (χ1n) is 9.36. The maximum absolute atomic E-state index is 13.1. The van der Waals surface area contributed by atoms with E-state index >= 15 is 0 Å². The number of sulfonamides is 1.